The van der Waals surface area contributed by atoms with Crippen LogP contribution >= 0.6 is 0 Å². The van der Waals surface area contributed by atoms with Crippen LogP contribution in [0.15, 0.2) is 58.3 Å². The van der Waals surface area contributed by atoms with E-state index in [1.165, 1.54) is 0 Å². The van der Waals surface area contributed by atoms with Gasteiger partial charge in [-0.05, 0) is 55.2 Å². The zero-order valence-corrected chi connectivity index (χ0v) is 17.5. The van der Waals surface area contributed by atoms with Crippen LogP contribution in [0.25, 0.3) is 11.0 Å². The van der Waals surface area contributed by atoms with Gasteiger partial charge in [-0.3, -0.25) is 9.59 Å². The van der Waals surface area contributed by atoms with Crippen molar-refractivity contribution in [1.29, 1.82) is 0 Å². The van der Waals surface area contributed by atoms with Gasteiger partial charge in [0, 0.05) is 6.54 Å². The fraction of sp³-hybridized carbons (Fsp3) is 0.280. The van der Waals surface area contributed by atoms with Gasteiger partial charge in [-0.25, -0.2) is 0 Å². The SMILES string of the molecule is C=CCOc1ccc(C2c3c(oc4cc(C)cc(C)c4c3=O)C(=O)N2CCC)cc1. The highest BCUT2D eigenvalue weighted by molar-refractivity contribution is 5.99. The molecule has 0 saturated carbocycles. The summed E-state index contributed by atoms with van der Waals surface area (Å²) < 4.78 is 11.6. The summed E-state index contributed by atoms with van der Waals surface area (Å²) in [6, 6.07) is 10.8. The van der Waals surface area contributed by atoms with Crippen molar-refractivity contribution in [3.8, 4) is 5.75 Å². The summed E-state index contributed by atoms with van der Waals surface area (Å²) in [6.07, 6.45) is 2.46. The number of hydrogen-bond acceptors (Lipinski definition) is 4. The smallest absolute Gasteiger partial charge is 0.290 e. The number of benzene rings is 2. The quantitative estimate of drug-likeness (QED) is 0.548. The minimum Gasteiger partial charge on any atom is -0.490 e. The molecule has 4 rings (SSSR count). The maximum absolute atomic E-state index is 13.6. The first-order valence-electron chi connectivity index (χ1n) is 10.2. The van der Waals surface area contributed by atoms with Gasteiger partial charge in [-0.1, -0.05) is 37.8 Å². The third-order valence-electron chi connectivity index (χ3n) is 5.44. The van der Waals surface area contributed by atoms with Crippen LogP contribution in [-0.2, 0) is 0 Å². The summed E-state index contributed by atoms with van der Waals surface area (Å²) in [7, 11) is 0. The molecule has 5 heteroatoms. The van der Waals surface area contributed by atoms with Gasteiger partial charge in [0.15, 0.2) is 5.43 Å². The first-order valence-corrected chi connectivity index (χ1v) is 10.2. The average molecular weight is 403 g/mol. The predicted molar refractivity (Wildman–Crippen MR) is 117 cm³/mol. The number of carbonyl (C=O) groups excluding carboxylic acids is 1. The third kappa shape index (κ3) is 3.20. The Kier molecular flexibility index (Phi) is 5.20. The summed E-state index contributed by atoms with van der Waals surface area (Å²) in [5.74, 6) is 0.632. The van der Waals surface area contributed by atoms with Crippen LogP contribution in [0.2, 0.25) is 0 Å². The first kappa shape index (κ1) is 20.0. The highest BCUT2D eigenvalue weighted by Crippen LogP contribution is 2.39. The monoisotopic (exact) mass is 403 g/mol. The van der Waals surface area contributed by atoms with E-state index in [9.17, 15) is 9.59 Å². The van der Waals surface area contributed by atoms with Crippen LogP contribution in [-0.4, -0.2) is 24.0 Å². The van der Waals surface area contributed by atoms with Crippen LogP contribution in [0, 0.1) is 13.8 Å². The lowest BCUT2D eigenvalue weighted by atomic mass is 9.97. The Morgan fingerprint density at radius 2 is 1.90 bits per heavy atom. The van der Waals surface area contributed by atoms with Crippen LogP contribution in [0.1, 0.15) is 52.2 Å². The number of carbonyl (C=O) groups is 1. The van der Waals surface area contributed by atoms with Gasteiger partial charge in [0.05, 0.1) is 17.0 Å². The van der Waals surface area contributed by atoms with Crippen molar-refractivity contribution < 1.29 is 13.9 Å². The summed E-state index contributed by atoms with van der Waals surface area (Å²) in [6.45, 7) is 10.5. The lowest BCUT2D eigenvalue weighted by molar-refractivity contribution is 0.0728. The molecule has 1 unspecified atom stereocenters. The van der Waals surface area contributed by atoms with Gasteiger partial charge in [0.2, 0.25) is 5.76 Å². The molecule has 0 N–H and O–H groups in total. The summed E-state index contributed by atoms with van der Waals surface area (Å²) in [5.41, 5.74) is 3.47. The molecule has 2 heterocycles. The van der Waals surface area contributed by atoms with Crippen molar-refractivity contribution in [2.75, 3.05) is 13.2 Å². The standard InChI is InChI=1S/C25H25NO4/c1-5-11-26-22(17-7-9-18(10-8-17)29-12-6-2)21-23(27)20-16(4)13-15(3)14-19(20)30-24(21)25(26)28/h6-10,13-14,22H,2,5,11-12H2,1,3-4H3. The van der Waals surface area contributed by atoms with Crippen LogP contribution in [0.3, 0.4) is 0 Å². The summed E-state index contributed by atoms with van der Waals surface area (Å²) in [5, 5.41) is 0.543. The number of ether oxygens (including phenoxy) is 1. The molecule has 0 spiro atoms. The summed E-state index contributed by atoms with van der Waals surface area (Å²) >= 11 is 0. The minimum absolute atomic E-state index is 0.132. The fourth-order valence-electron chi connectivity index (χ4n) is 4.23. The highest BCUT2D eigenvalue weighted by atomic mass is 16.5. The zero-order chi connectivity index (χ0) is 21.4. The predicted octanol–water partition coefficient (Wildman–Crippen LogP) is 4.93. The van der Waals surface area contributed by atoms with Crippen molar-refractivity contribution >= 4 is 16.9 Å². The van der Waals surface area contributed by atoms with Gasteiger partial charge in [0.25, 0.3) is 5.91 Å². The number of fused-ring (bicyclic) bond motifs is 2. The van der Waals surface area contributed by atoms with Crippen molar-refractivity contribution in [3.05, 3.63) is 87.3 Å². The van der Waals surface area contributed by atoms with Crippen molar-refractivity contribution in [2.24, 2.45) is 0 Å². The number of rotatable bonds is 6. The molecule has 0 fully saturated rings. The average Bonchev–Trinajstić information content (AvgIpc) is 2.99. The molecular weight excluding hydrogens is 378 g/mol. The highest BCUT2D eigenvalue weighted by Gasteiger charge is 2.42. The molecule has 1 aliphatic rings. The maximum Gasteiger partial charge on any atom is 0.290 e. The Balaban J connectivity index is 1.91. The van der Waals surface area contributed by atoms with Gasteiger partial charge < -0.3 is 14.1 Å². The van der Waals surface area contributed by atoms with E-state index in [-0.39, 0.29) is 17.1 Å². The maximum atomic E-state index is 13.6. The first-order chi connectivity index (χ1) is 14.5. The number of hydrogen-bond donors (Lipinski definition) is 0. The Morgan fingerprint density at radius 1 is 1.17 bits per heavy atom. The topological polar surface area (TPSA) is 59.8 Å². The molecular formula is C25H25NO4. The van der Waals surface area contributed by atoms with E-state index in [4.69, 9.17) is 9.15 Å². The summed E-state index contributed by atoms with van der Waals surface area (Å²) in [4.78, 5) is 28.5. The van der Waals surface area contributed by atoms with Crippen molar-refractivity contribution in [1.82, 2.24) is 4.90 Å². The van der Waals surface area contributed by atoms with Gasteiger partial charge in [-0.2, -0.15) is 0 Å². The second-order valence-electron chi connectivity index (χ2n) is 7.70. The van der Waals surface area contributed by atoms with E-state index in [0.29, 0.717) is 35.4 Å². The van der Waals surface area contributed by atoms with Crippen LogP contribution in [0.4, 0.5) is 0 Å². The van der Waals surface area contributed by atoms with Gasteiger partial charge in [0.1, 0.15) is 17.9 Å². The van der Waals surface area contributed by atoms with Gasteiger partial charge >= 0.3 is 0 Å². The molecule has 0 aliphatic carbocycles. The van der Waals surface area contributed by atoms with Gasteiger partial charge in [-0.15, -0.1) is 0 Å². The lowest BCUT2D eigenvalue weighted by Crippen LogP contribution is -2.30. The molecule has 1 amide bonds. The molecule has 2 aromatic carbocycles. The molecule has 154 valence electrons. The lowest BCUT2D eigenvalue weighted by Gasteiger charge is -2.24. The van der Waals surface area contributed by atoms with E-state index in [2.05, 4.69) is 6.58 Å². The molecule has 1 atom stereocenters. The van der Waals surface area contributed by atoms with Crippen LogP contribution < -0.4 is 10.2 Å². The Hall–Kier alpha value is -3.34. The number of amides is 1. The Labute approximate surface area is 175 Å². The van der Waals surface area contributed by atoms with Crippen molar-refractivity contribution in [2.45, 2.75) is 33.2 Å². The van der Waals surface area contributed by atoms with E-state index in [0.717, 1.165) is 23.1 Å². The van der Waals surface area contributed by atoms with Crippen molar-refractivity contribution in [3.63, 3.8) is 0 Å². The normalized spacial score (nSPS) is 15.5. The molecule has 0 saturated heterocycles. The molecule has 1 aliphatic heterocycles. The molecule has 0 bridgehead atoms. The largest absolute Gasteiger partial charge is 0.490 e. The molecule has 30 heavy (non-hydrogen) atoms. The van der Waals surface area contributed by atoms with E-state index in [1.807, 2.05) is 57.2 Å². The Bertz CT molecular complexity index is 1190. The van der Waals surface area contributed by atoms with Crippen LogP contribution in [0.5, 0.6) is 5.75 Å². The second-order valence-corrected chi connectivity index (χ2v) is 7.70. The van der Waals surface area contributed by atoms with E-state index >= 15 is 0 Å². The van der Waals surface area contributed by atoms with E-state index in [1.54, 1.807) is 11.0 Å². The molecule has 0 radical (unpaired) electrons. The molecule has 3 aromatic rings. The fourth-order valence-corrected chi connectivity index (χ4v) is 4.23. The molecule has 5 nitrogen and oxygen atoms in total. The zero-order valence-electron chi connectivity index (χ0n) is 17.5. The Morgan fingerprint density at radius 3 is 2.57 bits per heavy atom. The number of nitrogens with zero attached hydrogens (tertiary/aromatic N) is 1. The van der Waals surface area contributed by atoms with E-state index < -0.39 is 6.04 Å². The second kappa shape index (κ2) is 7.82. The minimum atomic E-state index is -0.470. The number of aryl methyl sites for hydroxylation is 2. The molecule has 1 aromatic heterocycles. The third-order valence-corrected chi connectivity index (χ3v) is 5.44.